The summed E-state index contributed by atoms with van der Waals surface area (Å²) < 4.78 is 0. The van der Waals surface area contributed by atoms with E-state index in [4.69, 9.17) is 0 Å². The fraction of sp³-hybridized carbons (Fsp3) is 0.692. The number of H-pyrrole nitrogens is 1. The summed E-state index contributed by atoms with van der Waals surface area (Å²) in [5.74, 6) is -0.231. The Morgan fingerprint density at radius 2 is 2.19 bits per heavy atom. The van der Waals surface area contributed by atoms with Gasteiger partial charge >= 0.3 is 12.0 Å². The van der Waals surface area contributed by atoms with Gasteiger partial charge < -0.3 is 15.7 Å². The quantitative estimate of drug-likeness (QED) is 0.650. The van der Waals surface area contributed by atoms with Gasteiger partial charge in [0.05, 0.1) is 12.0 Å². The minimum Gasteiger partial charge on any atom is -0.481 e. The number of carbonyl (C=O) groups is 2. The Hall–Kier alpha value is -2.12. The van der Waals surface area contributed by atoms with E-state index in [0.29, 0.717) is 5.82 Å². The van der Waals surface area contributed by atoms with Gasteiger partial charge in [-0.25, -0.2) is 9.78 Å². The fourth-order valence-corrected chi connectivity index (χ4v) is 3.74. The lowest BCUT2D eigenvalue weighted by atomic mass is 9.84. The van der Waals surface area contributed by atoms with E-state index in [-0.39, 0.29) is 30.0 Å². The van der Waals surface area contributed by atoms with Crippen molar-refractivity contribution in [2.75, 3.05) is 0 Å². The molecule has 5 unspecified atom stereocenters. The first kappa shape index (κ1) is 13.8. The first-order valence-electron chi connectivity index (χ1n) is 7.21. The van der Waals surface area contributed by atoms with Crippen LogP contribution in [0.15, 0.2) is 6.33 Å². The lowest BCUT2D eigenvalue weighted by Crippen LogP contribution is -2.50. The zero-order valence-electron chi connectivity index (χ0n) is 11.7. The Labute approximate surface area is 121 Å². The number of carboxylic acid groups (broad SMARTS) is 1. The van der Waals surface area contributed by atoms with Gasteiger partial charge in [-0.15, -0.1) is 0 Å². The molecule has 2 saturated carbocycles. The minimum absolute atomic E-state index is 0.199. The highest BCUT2D eigenvalue weighted by Gasteiger charge is 2.51. The van der Waals surface area contributed by atoms with Gasteiger partial charge in [-0.3, -0.25) is 9.89 Å². The molecule has 0 aromatic carbocycles. The molecular formula is C13H19N5O3. The van der Waals surface area contributed by atoms with Crippen LogP contribution in [-0.2, 0) is 4.79 Å². The molecule has 1 aromatic heterocycles. The molecule has 3 rings (SSSR count). The van der Waals surface area contributed by atoms with Crippen molar-refractivity contribution in [1.82, 2.24) is 25.8 Å². The Balaban J connectivity index is 1.60. The SMILES string of the molecule is CC(NC(=O)NC1C2CCC(C2)C1C(=O)O)c1ncn[nH]1. The maximum absolute atomic E-state index is 12.1. The largest absolute Gasteiger partial charge is 0.481 e. The maximum Gasteiger partial charge on any atom is 0.315 e. The first-order chi connectivity index (χ1) is 10.1. The van der Waals surface area contributed by atoms with Crippen molar-refractivity contribution in [2.45, 2.75) is 38.3 Å². The average Bonchev–Trinajstić information content (AvgIpc) is 3.15. The Morgan fingerprint density at radius 1 is 1.43 bits per heavy atom. The number of aliphatic carboxylic acids is 1. The van der Waals surface area contributed by atoms with Crippen molar-refractivity contribution in [3.8, 4) is 0 Å². The fourth-order valence-electron chi connectivity index (χ4n) is 3.74. The van der Waals surface area contributed by atoms with Crippen molar-refractivity contribution in [2.24, 2.45) is 17.8 Å². The highest BCUT2D eigenvalue weighted by atomic mass is 16.4. The van der Waals surface area contributed by atoms with Crippen LogP contribution in [0.25, 0.3) is 0 Å². The number of carboxylic acids is 1. The average molecular weight is 293 g/mol. The summed E-state index contributed by atoms with van der Waals surface area (Å²) >= 11 is 0. The summed E-state index contributed by atoms with van der Waals surface area (Å²) in [4.78, 5) is 27.4. The summed E-state index contributed by atoms with van der Waals surface area (Å²) in [6.07, 6.45) is 4.23. The van der Waals surface area contributed by atoms with Crippen LogP contribution in [0.3, 0.4) is 0 Å². The topological polar surface area (TPSA) is 120 Å². The van der Waals surface area contributed by atoms with E-state index < -0.39 is 11.9 Å². The molecule has 21 heavy (non-hydrogen) atoms. The molecule has 1 heterocycles. The normalized spacial score (nSPS) is 31.9. The second-order valence-electron chi connectivity index (χ2n) is 5.93. The predicted molar refractivity (Wildman–Crippen MR) is 72.2 cm³/mol. The van der Waals surface area contributed by atoms with Crippen LogP contribution < -0.4 is 10.6 Å². The molecule has 5 atom stereocenters. The number of hydrogen-bond acceptors (Lipinski definition) is 4. The van der Waals surface area contributed by atoms with Gasteiger partial charge in [-0.2, -0.15) is 5.10 Å². The third-order valence-corrected chi connectivity index (χ3v) is 4.69. The van der Waals surface area contributed by atoms with Gasteiger partial charge in [0.25, 0.3) is 0 Å². The summed E-state index contributed by atoms with van der Waals surface area (Å²) in [5.41, 5.74) is 0. The standard InChI is InChI=1S/C13H19N5O3/c1-6(11-14-5-15-18-11)16-13(21)17-10-8-3-2-7(4-8)9(10)12(19)20/h5-10H,2-4H2,1H3,(H,19,20)(H,14,15,18)(H2,16,17,21). The number of aromatic amines is 1. The van der Waals surface area contributed by atoms with Crippen LogP contribution in [0.4, 0.5) is 4.79 Å². The van der Waals surface area contributed by atoms with Crippen molar-refractivity contribution < 1.29 is 14.7 Å². The Bertz CT molecular complexity index is 532. The van der Waals surface area contributed by atoms with Crippen LogP contribution >= 0.6 is 0 Å². The van der Waals surface area contributed by atoms with E-state index in [2.05, 4.69) is 25.8 Å². The molecule has 2 bridgehead atoms. The smallest absolute Gasteiger partial charge is 0.315 e. The maximum atomic E-state index is 12.1. The number of rotatable bonds is 4. The van der Waals surface area contributed by atoms with Crippen molar-refractivity contribution in [3.05, 3.63) is 12.2 Å². The number of nitrogens with zero attached hydrogens (tertiary/aromatic N) is 2. The zero-order chi connectivity index (χ0) is 15.0. The zero-order valence-corrected chi connectivity index (χ0v) is 11.7. The number of nitrogens with one attached hydrogen (secondary N) is 3. The van der Waals surface area contributed by atoms with Crippen molar-refractivity contribution in [3.63, 3.8) is 0 Å². The van der Waals surface area contributed by atoms with E-state index in [0.717, 1.165) is 19.3 Å². The molecule has 8 heteroatoms. The molecule has 0 saturated heterocycles. The van der Waals surface area contributed by atoms with Crippen molar-refractivity contribution >= 4 is 12.0 Å². The predicted octanol–water partition coefficient (Wildman–Crippen LogP) is 0.664. The van der Waals surface area contributed by atoms with Gasteiger partial charge in [-0.1, -0.05) is 0 Å². The molecular weight excluding hydrogens is 274 g/mol. The van der Waals surface area contributed by atoms with Gasteiger partial charge in [0.2, 0.25) is 0 Å². The van der Waals surface area contributed by atoms with Gasteiger partial charge in [0.1, 0.15) is 12.2 Å². The lowest BCUT2D eigenvalue weighted by Gasteiger charge is -2.29. The molecule has 2 fully saturated rings. The molecule has 0 spiro atoms. The molecule has 8 nitrogen and oxygen atoms in total. The minimum atomic E-state index is -0.809. The number of urea groups is 1. The second-order valence-corrected chi connectivity index (χ2v) is 5.93. The monoisotopic (exact) mass is 293 g/mol. The van der Waals surface area contributed by atoms with E-state index in [1.807, 2.05) is 0 Å². The Morgan fingerprint density at radius 3 is 2.86 bits per heavy atom. The number of carbonyl (C=O) groups excluding carboxylic acids is 1. The van der Waals surface area contributed by atoms with E-state index in [1.165, 1.54) is 6.33 Å². The number of aromatic nitrogens is 3. The van der Waals surface area contributed by atoms with Crippen LogP contribution in [0.2, 0.25) is 0 Å². The van der Waals surface area contributed by atoms with Gasteiger partial charge in [0, 0.05) is 6.04 Å². The highest BCUT2D eigenvalue weighted by molar-refractivity contribution is 5.77. The third kappa shape index (κ3) is 2.57. The molecule has 114 valence electrons. The summed E-state index contributed by atoms with van der Waals surface area (Å²) in [7, 11) is 0. The van der Waals surface area contributed by atoms with E-state index >= 15 is 0 Å². The van der Waals surface area contributed by atoms with Crippen LogP contribution in [0.1, 0.15) is 38.1 Å². The first-order valence-corrected chi connectivity index (χ1v) is 7.21. The number of fused-ring (bicyclic) bond motifs is 2. The summed E-state index contributed by atoms with van der Waals surface area (Å²) in [6, 6.07) is -0.944. The summed E-state index contributed by atoms with van der Waals surface area (Å²) in [5, 5.41) is 21.4. The van der Waals surface area contributed by atoms with Crippen LogP contribution in [0, 0.1) is 17.8 Å². The highest BCUT2D eigenvalue weighted by Crippen LogP contribution is 2.48. The van der Waals surface area contributed by atoms with E-state index in [9.17, 15) is 14.7 Å². The van der Waals surface area contributed by atoms with Gasteiger partial charge in [-0.05, 0) is 38.0 Å². The molecule has 2 aliphatic rings. The van der Waals surface area contributed by atoms with Crippen LogP contribution in [0.5, 0.6) is 0 Å². The molecule has 2 aliphatic carbocycles. The van der Waals surface area contributed by atoms with Crippen LogP contribution in [-0.4, -0.2) is 38.3 Å². The second kappa shape index (κ2) is 5.34. The molecule has 2 amide bonds. The number of hydrogen-bond donors (Lipinski definition) is 4. The number of amides is 2. The molecule has 0 radical (unpaired) electrons. The summed E-state index contributed by atoms with van der Waals surface area (Å²) in [6.45, 7) is 1.79. The Kier molecular flexibility index (Phi) is 3.52. The molecule has 4 N–H and O–H groups in total. The molecule has 1 aromatic rings. The lowest BCUT2D eigenvalue weighted by molar-refractivity contribution is -0.144. The third-order valence-electron chi connectivity index (χ3n) is 4.69. The van der Waals surface area contributed by atoms with Gasteiger partial charge in [0.15, 0.2) is 0 Å². The molecule has 0 aliphatic heterocycles. The van der Waals surface area contributed by atoms with E-state index in [1.54, 1.807) is 6.92 Å². The van der Waals surface area contributed by atoms with Crippen molar-refractivity contribution in [1.29, 1.82) is 0 Å².